The molecular weight excluding hydrogens is 460 g/mol. The first kappa shape index (κ1) is 25.8. The number of carbonyl (C=O) groups is 1. The molecule has 3 aromatic rings. The number of esters is 1. The Morgan fingerprint density at radius 3 is 2.72 bits per heavy atom. The fourth-order valence-electron chi connectivity index (χ4n) is 5.14. The number of fused-ring (bicyclic) bond motifs is 1. The number of rotatable bonds is 12. The van der Waals surface area contributed by atoms with Crippen LogP contribution in [-0.4, -0.2) is 55.3 Å². The number of H-pyrrole nitrogens is 1. The quantitative estimate of drug-likeness (QED) is 0.377. The van der Waals surface area contributed by atoms with Gasteiger partial charge in [-0.3, -0.25) is 14.5 Å². The number of pyridine rings is 1. The number of tetrazole rings is 1. The van der Waals surface area contributed by atoms with Crippen molar-refractivity contribution in [1.29, 1.82) is 0 Å². The van der Waals surface area contributed by atoms with Crippen molar-refractivity contribution in [2.24, 2.45) is 0 Å². The molecule has 10 nitrogen and oxygen atoms in total. The minimum atomic E-state index is -0.371. The molecule has 1 aliphatic carbocycles. The van der Waals surface area contributed by atoms with E-state index in [0.29, 0.717) is 37.2 Å². The molecular formula is C26H36N6O4. The maximum absolute atomic E-state index is 13.1. The number of hydrogen-bond donors (Lipinski definition) is 1. The molecule has 2 heterocycles. The molecule has 0 radical (unpaired) electrons. The van der Waals surface area contributed by atoms with Crippen molar-refractivity contribution >= 4 is 16.9 Å². The number of aromatic amines is 1. The van der Waals surface area contributed by atoms with Gasteiger partial charge in [-0.2, -0.15) is 0 Å². The van der Waals surface area contributed by atoms with Crippen molar-refractivity contribution in [1.82, 2.24) is 30.1 Å². The molecule has 0 unspecified atom stereocenters. The lowest BCUT2D eigenvalue weighted by Gasteiger charge is -2.35. The molecule has 1 aromatic carbocycles. The normalized spacial score (nSPS) is 15.0. The zero-order valence-corrected chi connectivity index (χ0v) is 21.4. The standard InChI is InChI=1S/C26H36N6O4/c1-4-9-23(25-28-29-30-32(25)17-24(33)36-6-3)31(20-10-7-8-11-20)16-19-14-18-15-21(35-5-2)12-13-22(18)27-26(19)34/h12-15,20,23H,4-11,16-17H2,1-3H3,(H,27,34)/t23-/m1/s1. The summed E-state index contributed by atoms with van der Waals surface area (Å²) in [7, 11) is 0. The van der Waals surface area contributed by atoms with Crippen molar-refractivity contribution in [3.63, 3.8) is 0 Å². The number of nitrogens with zero attached hydrogens (tertiary/aromatic N) is 5. The van der Waals surface area contributed by atoms with Crippen molar-refractivity contribution in [3.8, 4) is 5.75 Å². The number of hydrogen-bond acceptors (Lipinski definition) is 8. The van der Waals surface area contributed by atoms with Gasteiger partial charge in [0.2, 0.25) is 0 Å². The molecule has 36 heavy (non-hydrogen) atoms. The van der Waals surface area contributed by atoms with Crippen molar-refractivity contribution in [2.75, 3.05) is 13.2 Å². The second-order valence-corrected chi connectivity index (χ2v) is 9.22. The molecule has 0 saturated heterocycles. The third kappa shape index (κ3) is 5.92. The number of nitrogens with one attached hydrogen (secondary N) is 1. The van der Waals surface area contributed by atoms with Crippen LogP contribution in [-0.2, 0) is 22.6 Å². The van der Waals surface area contributed by atoms with Gasteiger partial charge < -0.3 is 14.5 Å². The Morgan fingerprint density at radius 2 is 2.00 bits per heavy atom. The average Bonchev–Trinajstić information content (AvgIpc) is 3.55. The van der Waals surface area contributed by atoms with Gasteiger partial charge in [-0.25, -0.2) is 4.68 Å². The summed E-state index contributed by atoms with van der Waals surface area (Å²) in [5.41, 5.74) is 1.37. The van der Waals surface area contributed by atoms with E-state index >= 15 is 0 Å². The van der Waals surface area contributed by atoms with Gasteiger partial charge in [0.15, 0.2) is 5.82 Å². The summed E-state index contributed by atoms with van der Waals surface area (Å²) >= 11 is 0. The molecule has 1 saturated carbocycles. The van der Waals surface area contributed by atoms with E-state index in [1.165, 1.54) is 0 Å². The SMILES string of the molecule is CCC[C@H](c1nnnn1CC(=O)OCC)N(Cc1cc2cc(OCC)ccc2[nH]c1=O)C1CCCC1. The van der Waals surface area contributed by atoms with E-state index in [4.69, 9.17) is 9.47 Å². The molecule has 2 aromatic heterocycles. The van der Waals surface area contributed by atoms with Gasteiger partial charge in [0.25, 0.3) is 5.56 Å². The monoisotopic (exact) mass is 496 g/mol. The largest absolute Gasteiger partial charge is 0.494 e. The van der Waals surface area contributed by atoms with Crippen LogP contribution in [0.2, 0.25) is 0 Å². The maximum atomic E-state index is 13.1. The van der Waals surface area contributed by atoms with Crippen LogP contribution >= 0.6 is 0 Å². The Bertz CT molecular complexity index is 1220. The van der Waals surface area contributed by atoms with E-state index in [9.17, 15) is 9.59 Å². The van der Waals surface area contributed by atoms with Crippen LogP contribution in [0.1, 0.15) is 76.7 Å². The number of ether oxygens (including phenoxy) is 2. The van der Waals surface area contributed by atoms with Gasteiger partial charge in [0, 0.05) is 29.1 Å². The van der Waals surface area contributed by atoms with Crippen molar-refractivity contribution in [3.05, 3.63) is 46.0 Å². The maximum Gasteiger partial charge on any atom is 0.327 e. The Hall–Kier alpha value is -3.27. The predicted octanol–water partition coefficient (Wildman–Crippen LogP) is 3.76. The van der Waals surface area contributed by atoms with E-state index in [2.05, 4.69) is 32.3 Å². The first-order valence-corrected chi connectivity index (χ1v) is 13.0. The van der Waals surface area contributed by atoms with Crippen LogP contribution in [0.15, 0.2) is 29.1 Å². The van der Waals surface area contributed by atoms with Gasteiger partial charge >= 0.3 is 5.97 Å². The number of aromatic nitrogens is 5. The van der Waals surface area contributed by atoms with E-state index in [1.807, 2.05) is 31.2 Å². The molecule has 0 aliphatic heterocycles. The summed E-state index contributed by atoms with van der Waals surface area (Å²) < 4.78 is 12.3. The molecule has 4 rings (SSSR count). The van der Waals surface area contributed by atoms with Crippen LogP contribution in [0.25, 0.3) is 10.9 Å². The molecule has 1 aliphatic rings. The zero-order chi connectivity index (χ0) is 25.5. The third-order valence-corrected chi connectivity index (χ3v) is 6.75. The first-order valence-electron chi connectivity index (χ1n) is 13.0. The second-order valence-electron chi connectivity index (χ2n) is 9.22. The summed E-state index contributed by atoms with van der Waals surface area (Å²) in [4.78, 5) is 30.7. The summed E-state index contributed by atoms with van der Waals surface area (Å²) in [5, 5.41) is 13.2. The van der Waals surface area contributed by atoms with Crippen LogP contribution in [0.4, 0.5) is 0 Å². The zero-order valence-electron chi connectivity index (χ0n) is 21.4. The lowest BCUT2D eigenvalue weighted by molar-refractivity contribution is -0.144. The van der Waals surface area contributed by atoms with Gasteiger partial charge in [-0.15, -0.1) is 5.10 Å². The topological polar surface area (TPSA) is 115 Å². The molecule has 1 N–H and O–H groups in total. The Morgan fingerprint density at radius 1 is 1.19 bits per heavy atom. The highest BCUT2D eigenvalue weighted by atomic mass is 16.5. The minimum Gasteiger partial charge on any atom is -0.494 e. The molecule has 1 atom stereocenters. The van der Waals surface area contributed by atoms with Crippen LogP contribution in [0.5, 0.6) is 5.75 Å². The molecule has 194 valence electrons. The third-order valence-electron chi connectivity index (χ3n) is 6.75. The van der Waals surface area contributed by atoms with Crippen LogP contribution in [0, 0.1) is 0 Å². The number of carbonyl (C=O) groups excluding carboxylic acids is 1. The van der Waals surface area contributed by atoms with Crippen LogP contribution in [0.3, 0.4) is 0 Å². The Kier molecular flexibility index (Phi) is 8.69. The van der Waals surface area contributed by atoms with Gasteiger partial charge in [0.05, 0.1) is 19.3 Å². The molecule has 0 amide bonds. The predicted molar refractivity (Wildman–Crippen MR) is 136 cm³/mol. The molecule has 0 spiro atoms. The summed E-state index contributed by atoms with van der Waals surface area (Å²) in [6.07, 6.45) is 6.13. The molecule has 0 bridgehead atoms. The lowest BCUT2D eigenvalue weighted by atomic mass is 10.0. The second kappa shape index (κ2) is 12.1. The molecule has 10 heteroatoms. The van der Waals surface area contributed by atoms with Gasteiger partial charge in [-0.05, 0) is 67.8 Å². The molecule has 1 fully saturated rings. The highest BCUT2D eigenvalue weighted by molar-refractivity contribution is 5.80. The fourth-order valence-corrected chi connectivity index (χ4v) is 5.14. The van der Waals surface area contributed by atoms with Gasteiger partial charge in [0.1, 0.15) is 12.3 Å². The first-order chi connectivity index (χ1) is 17.5. The van der Waals surface area contributed by atoms with E-state index < -0.39 is 0 Å². The van der Waals surface area contributed by atoms with E-state index in [-0.39, 0.29) is 24.1 Å². The van der Waals surface area contributed by atoms with Gasteiger partial charge in [-0.1, -0.05) is 26.2 Å². The Labute approximate surface area is 211 Å². The van der Waals surface area contributed by atoms with E-state index in [1.54, 1.807) is 11.6 Å². The number of benzene rings is 1. The minimum absolute atomic E-state index is 0.0361. The highest BCUT2D eigenvalue weighted by Gasteiger charge is 2.33. The highest BCUT2D eigenvalue weighted by Crippen LogP contribution is 2.34. The summed E-state index contributed by atoms with van der Waals surface area (Å²) in [6.45, 7) is 7.16. The lowest BCUT2D eigenvalue weighted by Crippen LogP contribution is -2.39. The fraction of sp³-hybridized carbons (Fsp3) is 0.577. The Balaban J connectivity index is 1.70. The summed E-state index contributed by atoms with van der Waals surface area (Å²) in [5.74, 6) is 1.04. The van der Waals surface area contributed by atoms with E-state index in [0.717, 1.165) is 55.2 Å². The van der Waals surface area contributed by atoms with Crippen molar-refractivity contribution < 1.29 is 14.3 Å². The smallest absolute Gasteiger partial charge is 0.327 e. The summed E-state index contributed by atoms with van der Waals surface area (Å²) in [6, 6.07) is 7.84. The average molecular weight is 497 g/mol. The van der Waals surface area contributed by atoms with Crippen LogP contribution < -0.4 is 10.3 Å². The van der Waals surface area contributed by atoms with Crippen molar-refractivity contribution in [2.45, 2.75) is 84.5 Å².